The number of nitrogens with two attached hydrogens (primary N) is 1. The number of carbonyl (C=O) groups is 3. The maximum atomic E-state index is 12.7. The van der Waals surface area contributed by atoms with Gasteiger partial charge in [-0.05, 0) is 30.5 Å². The summed E-state index contributed by atoms with van der Waals surface area (Å²) in [5.41, 5.74) is 7.52. The highest BCUT2D eigenvalue weighted by molar-refractivity contribution is 6.00. The van der Waals surface area contributed by atoms with Crippen LogP contribution in [0.3, 0.4) is 0 Å². The fourth-order valence-corrected chi connectivity index (χ4v) is 2.72. The molecule has 156 valence electrons. The van der Waals surface area contributed by atoms with Gasteiger partial charge in [-0.25, -0.2) is 0 Å². The molecule has 3 amide bonds. The van der Waals surface area contributed by atoms with E-state index in [4.69, 9.17) is 10.5 Å². The number of hydrogen-bond donors (Lipinski definition) is 3. The first-order valence-corrected chi connectivity index (χ1v) is 9.11. The van der Waals surface area contributed by atoms with Crippen molar-refractivity contribution in [1.29, 1.82) is 0 Å². The van der Waals surface area contributed by atoms with Gasteiger partial charge in [-0.15, -0.1) is 12.4 Å². The first-order chi connectivity index (χ1) is 12.8. The van der Waals surface area contributed by atoms with E-state index >= 15 is 0 Å². The van der Waals surface area contributed by atoms with Crippen molar-refractivity contribution in [2.75, 3.05) is 38.2 Å². The second-order valence-electron chi connectivity index (χ2n) is 6.92. The number of halogens is 1. The summed E-state index contributed by atoms with van der Waals surface area (Å²) in [6.07, 6.45) is 0. The average Bonchev–Trinajstić information content (AvgIpc) is 2.67. The lowest BCUT2D eigenvalue weighted by Gasteiger charge is -2.27. The Balaban J connectivity index is 0.00000392. The first-order valence-electron chi connectivity index (χ1n) is 9.11. The largest absolute Gasteiger partial charge is 0.378 e. The fraction of sp³-hybridized carbons (Fsp3) is 0.526. The molecule has 0 spiro atoms. The minimum absolute atomic E-state index is 0. The van der Waals surface area contributed by atoms with E-state index in [-0.39, 0.29) is 42.6 Å². The Labute approximate surface area is 171 Å². The molecule has 0 aliphatic carbocycles. The van der Waals surface area contributed by atoms with Gasteiger partial charge in [0, 0.05) is 24.3 Å². The summed E-state index contributed by atoms with van der Waals surface area (Å²) >= 11 is 0. The molecule has 1 heterocycles. The van der Waals surface area contributed by atoms with Gasteiger partial charge >= 0.3 is 0 Å². The van der Waals surface area contributed by atoms with Crippen LogP contribution in [0.15, 0.2) is 18.2 Å². The molecule has 1 aromatic carbocycles. The van der Waals surface area contributed by atoms with Crippen LogP contribution >= 0.6 is 12.4 Å². The van der Waals surface area contributed by atoms with Crippen LogP contribution in [-0.2, 0) is 14.3 Å². The zero-order valence-electron chi connectivity index (χ0n) is 16.5. The Morgan fingerprint density at radius 2 is 1.86 bits per heavy atom. The van der Waals surface area contributed by atoms with Crippen molar-refractivity contribution < 1.29 is 19.1 Å². The number of ether oxygens (including phenoxy) is 1. The second kappa shape index (κ2) is 11.0. The summed E-state index contributed by atoms with van der Waals surface area (Å²) in [6, 6.07) is 4.54. The van der Waals surface area contributed by atoms with Crippen LogP contribution in [0.25, 0.3) is 0 Å². The quantitative estimate of drug-likeness (QED) is 0.643. The van der Waals surface area contributed by atoms with E-state index in [0.29, 0.717) is 43.1 Å². The summed E-state index contributed by atoms with van der Waals surface area (Å²) in [4.78, 5) is 38.5. The molecule has 1 aliphatic heterocycles. The predicted molar refractivity (Wildman–Crippen MR) is 110 cm³/mol. The molecule has 28 heavy (non-hydrogen) atoms. The van der Waals surface area contributed by atoms with Crippen molar-refractivity contribution in [3.63, 3.8) is 0 Å². The monoisotopic (exact) mass is 412 g/mol. The Morgan fingerprint density at radius 3 is 2.46 bits per heavy atom. The molecule has 1 fully saturated rings. The zero-order valence-corrected chi connectivity index (χ0v) is 17.3. The van der Waals surface area contributed by atoms with Gasteiger partial charge in [0.15, 0.2) is 0 Å². The van der Waals surface area contributed by atoms with Gasteiger partial charge in [0.05, 0.1) is 25.8 Å². The number of carbonyl (C=O) groups excluding carboxylic acids is 3. The molecular weight excluding hydrogens is 384 g/mol. The maximum Gasteiger partial charge on any atom is 0.254 e. The van der Waals surface area contributed by atoms with Gasteiger partial charge in [-0.2, -0.15) is 0 Å². The smallest absolute Gasteiger partial charge is 0.254 e. The molecule has 1 saturated heterocycles. The van der Waals surface area contributed by atoms with Gasteiger partial charge in [0.2, 0.25) is 11.8 Å². The van der Waals surface area contributed by atoms with E-state index in [1.807, 2.05) is 13.8 Å². The standard InChI is InChI=1S/C19H28N4O4.ClH/c1-12(2)17(20)18(25)21-11-16(24)22-15-6-4-5-14(13(15)3)19(26)23-7-9-27-10-8-23;/h4-6,12,17H,7-11,20H2,1-3H3,(H,21,25)(H,22,24);1H/t17-;/m0./s1. The molecule has 1 aliphatic rings. The second-order valence-corrected chi connectivity index (χ2v) is 6.92. The van der Waals surface area contributed by atoms with E-state index < -0.39 is 6.04 Å². The third kappa shape index (κ3) is 6.19. The predicted octanol–water partition coefficient (Wildman–Crippen LogP) is 0.927. The normalized spacial score (nSPS) is 14.8. The summed E-state index contributed by atoms with van der Waals surface area (Å²) in [5, 5.41) is 5.27. The molecule has 0 unspecified atom stereocenters. The number of amides is 3. The Morgan fingerprint density at radius 1 is 1.21 bits per heavy atom. The molecular formula is C19H29ClN4O4. The number of nitrogens with one attached hydrogen (secondary N) is 2. The molecule has 0 bridgehead atoms. The molecule has 1 atom stereocenters. The zero-order chi connectivity index (χ0) is 20.0. The number of rotatable bonds is 6. The van der Waals surface area contributed by atoms with Gasteiger partial charge in [-0.3, -0.25) is 14.4 Å². The van der Waals surface area contributed by atoms with E-state index in [1.165, 1.54) is 0 Å². The van der Waals surface area contributed by atoms with Gasteiger partial charge in [0.1, 0.15) is 0 Å². The molecule has 8 nitrogen and oxygen atoms in total. The summed E-state index contributed by atoms with van der Waals surface area (Å²) < 4.78 is 5.28. The maximum absolute atomic E-state index is 12.7. The van der Waals surface area contributed by atoms with E-state index in [2.05, 4.69) is 10.6 Å². The number of hydrogen-bond acceptors (Lipinski definition) is 5. The highest BCUT2D eigenvalue weighted by atomic mass is 35.5. The molecule has 9 heteroatoms. The Kier molecular flexibility index (Phi) is 9.37. The Hall–Kier alpha value is -2.16. The van der Waals surface area contributed by atoms with E-state index in [1.54, 1.807) is 30.0 Å². The lowest BCUT2D eigenvalue weighted by Crippen LogP contribution is -2.46. The van der Waals surface area contributed by atoms with Gasteiger partial charge in [-0.1, -0.05) is 19.9 Å². The van der Waals surface area contributed by atoms with Crippen molar-refractivity contribution in [2.45, 2.75) is 26.8 Å². The van der Waals surface area contributed by atoms with Crippen molar-refractivity contribution in [1.82, 2.24) is 10.2 Å². The summed E-state index contributed by atoms with van der Waals surface area (Å²) in [7, 11) is 0. The van der Waals surface area contributed by atoms with Crippen LogP contribution in [0.2, 0.25) is 0 Å². The van der Waals surface area contributed by atoms with Crippen molar-refractivity contribution in [2.24, 2.45) is 11.7 Å². The molecule has 2 rings (SSSR count). The SMILES string of the molecule is Cc1c(NC(=O)CNC(=O)[C@@H](N)C(C)C)cccc1C(=O)N1CCOCC1.Cl. The van der Waals surface area contributed by atoms with Crippen LogP contribution in [0.5, 0.6) is 0 Å². The minimum Gasteiger partial charge on any atom is -0.378 e. The number of nitrogens with zero attached hydrogens (tertiary/aromatic N) is 1. The van der Waals surface area contributed by atoms with Crippen LogP contribution in [0, 0.1) is 12.8 Å². The third-order valence-electron chi connectivity index (χ3n) is 4.58. The number of benzene rings is 1. The molecule has 0 saturated carbocycles. The van der Waals surface area contributed by atoms with Crippen LogP contribution < -0.4 is 16.4 Å². The highest BCUT2D eigenvalue weighted by Gasteiger charge is 2.22. The van der Waals surface area contributed by atoms with E-state index in [0.717, 1.165) is 0 Å². The van der Waals surface area contributed by atoms with Crippen LogP contribution in [-0.4, -0.2) is 61.5 Å². The minimum atomic E-state index is -0.658. The van der Waals surface area contributed by atoms with Crippen molar-refractivity contribution in [3.05, 3.63) is 29.3 Å². The topological polar surface area (TPSA) is 114 Å². The third-order valence-corrected chi connectivity index (χ3v) is 4.58. The highest BCUT2D eigenvalue weighted by Crippen LogP contribution is 2.21. The van der Waals surface area contributed by atoms with Crippen LogP contribution in [0.4, 0.5) is 5.69 Å². The van der Waals surface area contributed by atoms with Crippen LogP contribution in [0.1, 0.15) is 29.8 Å². The summed E-state index contributed by atoms with van der Waals surface area (Å²) in [5.74, 6) is -0.840. The fourth-order valence-electron chi connectivity index (χ4n) is 2.72. The first kappa shape index (κ1) is 23.9. The lowest BCUT2D eigenvalue weighted by molar-refractivity contribution is -0.125. The summed E-state index contributed by atoms with van der Waals surface area (Å²) in [6.45, 7) is 7.44. The molecule has 0 radical (unpaired) electrons. The number of morpholine rings is 1. The molecule has 1 aromatic rings. The van der Waals surface area contributed by atoms with Gasteiger partial charge in [0.25, 0.3) is 5.91 Å². The number of anilines is 1. The average molecular weight is 413 g/mol. The van der Waals surface area contributed by atoms with Crippen molar-refractivity contribution >= 4 is 35.8 Å². The Bertz CT molecular complexity index is 705. The molecule has 0 aromatic heterocycles. The molecule has 4 N–H and O–H groups in total. The van der Waals surface area contributed by atoms with Crippen molar-refractivity contribution in [3.8, 4) is 0 Å². The van der Waals surface area contributed by atoms with E-state index in [9.17, 15) is 14.4 Å². The lowest BCUT2D eigenvalue weighted by atomic mass is 10.0. The van der Waals surface area contributed by atoms with Gasteiger partial charge < -0.3 is 26.0 Å².